The van der Waals surface area contributed by atoms with Crippen molar-refractivity contribution in [2.45, 2.75) is 69.5 Å². The van der Waals surface area contributed by atoms with Crippen LogP contribution in [0.5, 0.6) is 0 Å². The van der Waals surface area contributed by atoms with Crippen molar-refractivity contribution in [3.63, 3.8) is 0 Å². The number of nitrogens with zero attached hydrogens (tertiary/aromatic N) is 2. The summed E-state index contributed by atoms with van der Waals surface area (Å²) in [6.07, 6.45) is 3.98. The SMILES string of the molecule is Cc1cc(C)cc(N(CC(=O)N(Cc2c(Cl)cccc2Cl)[C@H](Cc2ccccc2)C(=O)NC2CCCC2)S(=O)(=O)c2ccccc2)c1. The Morgan fingerprint density at radius 2 is 1.40 bits per heavy atom. The largest absolute Gasteiger partial charge is 0.352 e. The summed E-state index contributed by atoms with van der Waals surface area (Å²) in [5.41, 5.74) is 3.37. The van der Waals surface area contributed by atoms with Gasteiger partial charge < -0.3 is 10.2 Å². The average molecular weight is 693 g/mol. The minimum atomic E-state index is -4.20. The van der Waals surface area contributed by atoms with Crippen molar-refractivity contribution in [1.29, 1.82) is 0 Å². The molecule has 0 unspecified atom stereocenters. The van der Waals surface area contributed by atoms with E-state index in [1.54, 1.807) is 48.5 Å². The second kappa shape index (κ2) is 15.4. The lowest BCUT2D eigenvalue weighted by Crippen LogP contribution is -2.54. The Kier molecular flexibility index (Phi) is 11.3. The van der Waals surface area contributed by atoms with Gasteiger partial charge in [-0.1, -0.05) is 96.7 Å². The average Bonchev–Trinajstić information content (AvgIpc) is 3.56. The van der Waals surface area contributed by atoms with Crippen LogP contribution in [0.25, 0.3) is 0 Å². The Balaban J connectivity index is 1.61. The number of anilines is 1. The number of hydrogen-bond donors (Lipinski definition) is 1. The van der Waals surface area contributed by atoms with Gasteiger partial charge in [0, 0.05) is 34.6 Å². The molecule has 47 heavy (non-hydrogen) atoms. The van der Waals surface area contributed by atoms with Gasteiger partial charge >= 0.3 is 0 Å². The summed E-state index contributed by atoms with van der Waals surface area (Å²) in [5, 5.41) is 3.86. The number of carbonyl (C=O) groups excluding carboxylic acids is 2. The van der Waals surface area contributed by atoms with Gasteiger partial charge in [-0.2, -0.15) is 0 Å². The van der Waals surface area contributed by atoms with Crippen LogP contribution >= 0.6 is 23.2 Å². The molecule has 4 aromatic rings. The van der Waals surface area contributed by atoms with Crippen LogP contribution < -0.4 is 9.62 Å². The fraction of sp³-hybridized carbons (Fsp3) is 0.297. The summed E-state index contributed by atoms with van der Waals surface area (Å²) in [6.45, 7) is 3.10. The summed E-state index contributed by atoms with van der Waals surface area (Å²) in [6, 6.07) is 27.0. The highest BCUT2D eigenvalue weighted by Crippen LogP contribution is 2.30. The molecule has 7 nitrogen and oxygen atoms in total. The first-order valence-corrected chi connectivity index (χ1v) is 18.0. The molecule has 246 valence electrons. The highest BCUT2D eigenvalue weighted by atomic mass is 35.5. The minimum absolute atomic E-state index is 0.00635. The van der Waals surface area contributed by atoms with Crippen LogP contribution in [0.4, 0.5) is 5.69 Å². The van der Waals surface area contributed by atoms with E-state index in [9.17, 15) is 18.0 Å². The van der Waals surface area contributed by atoms with Gasteiger partial charge in [0.05, 0.1) is 10.6 Å². The predicted octanol–water partition coefficient (Wildman–Crippen LogP) is 7.50. The molecule has 1 N–H and O–H groups in total. The zero-order valence-corrected chi connectivity index (χ0v) is 28.9. The van der Waals surface area contributed by atoms with E-state index in [2.05, 4.69) is 5.32 Å². The zero-order valence-electron chi connectivity index (χ0n) is 26.5. The van der Waals surface area contributed by atoms with E-state index in [1.165, 1.54) is 17.0 Å². The maximum atomic E-state index is 14.7. The molecule has 0 radical (unpaired) electrons. The molecule has 10 heteroatoms. The van der Waals surface area contributed by atoms with Crippen LogP contribution in [0.3, 0.4) is 0 Å². The van der Waals surface area contributed by atoms with Crippen LogP contribution in [0.1, 0.15) is 47.9 Å². The quantitative estimate of drug-likeness (QED) is 0.167. The molecule has 0 bridgehead atoms. The molecule has 1 fully saturated rings. The number of aryl methyl sites for hydroxylation is 2. The fourth-order valence-electron chi connectivity index (χ4n) is 6.12. The van der Waals surface area contributed by atoms with Crippen molar-refractivity contribution in [2.75, 3.05) is 10.8 Å². The molecule has 4 aromatic carbocycles. The summed E-state index contributed by atoms with van der Waals surface area (Å²) in [5.74, 6) is -0.872. The van der Waals surface area contributed by atoms with Crippen molar-refractivity contribution >= 4 is 50.7 Å². The van der Waals surface area contributed by atoms with E-state index in [-0.39, 0.29) is 29.8 Å². The van der Waals surface area contributed by atoms with Gasteiger partial charge in [-0.15, -0.1) is 0 Å². The lowest BCUT2D eigenvalue weighted by molar-refractivity contribution is -0.140. The summed E-state index contributed by atoms with van der Waals surface area (Å²) in [7, 11) is -4.20. The van der Waals surface area contributed by atoms with E-state index < -0.39 is 28.5 Å². The summed E-state index contributed by atoms with van der Waals surface area (Å²) >= 11 is 13.2. The number of benzene rings is 4. The van der Waals surface area contributed by atoms with E-state index in [0.29, 0.717) is 21.3 Å². The van der Waals surface area contributed by atoms with E-state index in [1.807, 2.05) is 50.2 Å². The monoisotopic (exact) mass is 691 g/mol. The van der Waals surface area contributed by atoms with Gasteiger partial charge in [-0.25, -0.2) is 8.42 Å². The fourth-order valence-corrected chi connectivity index (χ4v) is 8.05. The van der Waals surface area contributed by atoms with Crippen molar-refractivity contribution in [3.8, 4) is 0 Å². The van der Waals surface area contributed by atoms with Gasteiger partial charge in [0.2, 0.25) is 11.8 Å². The van der Waals surface area contributed by atoms with E-state index in [4.69, 9.17) is 23.2 Å². The van der Waals surface area contributed by atoms with Crippen LogP contribution in [0.2, 0.25) is 10.0 Å². The molecule has 0 aliphatic heterocycles. The molecule has 1 aliphatic carbocycles. The first-order chi connectivity index (χ1) is 22.5. The van der Waals surface area contributed by atoms with Crippen molar-refractivity contribution < 1.29 is 18.0 Å². The standard InChI is InChI=1S/C37H39Cl2N3O4S/c1-26-20-27(2)22-30(21-26)42(47(45,46)31-16-7-4-8-17-31)25-36(43)41(24-32-33(38)18-11-19-34(32)39)35(23-28-12-5-3-6-13-28)37(44)40-29-14-9-10-15-29/h3-8,11-13,16-22,29,35H,9-10,14-15,23-25H2,1-2H3,(H,40,44)/t35-/m1/s1. The Morgan fingerprint density at radius 3 is 2.00 bits per heavy atom. The summed E-state index contributed by atoms with van der Waals surface area (Å²) < 4.78 is 29.6. The first kappa shape index (κ1) is 34.5. The van der Waals surface area contributed by atoms with Gasteiger partial charge in [0.15, 0.2) is 0 Å². The van der Waals surface area contributed by atoms with Crippen molar-refractivity contribution in [3.05, 3.63) is 129 Å². The molecule has 1 aliphatic rings. The molecular weight excluding hydrogens is 653 g/mol. The van der Waals surface area contributed by atoms with Crippen molar-refractivity contribution in [2.24, 2.45) is 0 Å². The van der Waals surface area contributed by atoms with Crippen LogP contribution in [-0.4, -0.2) is 43.8 Å². The lowest BCUT2D eigenvalue weighted by Gasteiger charge is -2.34. The number of hydrogen-bond acceptors (Lipinski definition) is 4. The number of amides is 2. The van der Waals surface area contributed by atoms with Crippen molar-refractivity contribution in [1.82, 2.24) is 10.2 Å². The van der Waals surface area contributed by atoms with Crippen LogP contribution in [0, 0.1) is 13.8 Å². The normalized spacial score (nSPS) is 14.0. The molecule has 1 saturated carbocycles. The third-order valence-corrected chi connectivity index (χ3v) is 11.0. The predicted molar refractivity (Wildman–Crippen MR) is 188 cm³/mol. The highest BCUT2D eigenvalue weighted by molar-refractivity contribution is 7.92. The second-order valence-corrected chi connectivity index (χ2v) is 14.8. The second-order valence-electron chi connectivity index (χ2n) is 12.1. The lowest BCUT2D eigenvalue weighted by atomic mass is 10.0. The Morgan fingerprint density at radius 1 is 0.830 bits per heavy atom. The van der Waals surface area contributed by atoms with E-state index >= 15 is 0 Å². The number of halogens is 2. The molecule has 5 rings (SSSR count). The van der Waals surface area contributed by atoms with Crippen LogP contribution in [0.15, 0.2) is 102 Å². The van der Waals surface area contributed by atoms with Gasteiger partial charge in [-0.05, 0) is 79.8 Å². The molecule has 0 saturated heterocycles. The smallest absolute Gasteiger partial charge is 0.264 e. The number of rotatable bonds is 12. The van der Waals surface area contributed by atoms with Gasteiger partial charge in [-0.3, -0.25) is 13.9 Å². The number of nitrogens with one attached hydrogen (secondary N) is 1. The third-order valence-electron chi connectivity index (χ3n) is 8.47. The number of sulfonamides is 1. The van der Waals surface area contributed by atoms with Gasteiger partial charge in [0.25, 0.3) is 10.0 Å². The molecule has 1 atom stereocenters. The van der Waals surface area contributed by atoms with E-state index in [0.717, 1.165) is 46.7 Å². The van der Waals surface area contributed by atoms with Gasteiger partial charge in [0.1, 0.15) is 12.6 Å². The maximum absolute atomic E-state index is 14.7. The first-order valence-electron chi connectivity index (χ1n) is 15.8. The Labute approximate surface area is 287 Å². The Hall–Kier alpha value is -3.85. The third kappa shape index (κ3) is 8.55. The number of carbonyl (C=O) groups is 2. The molecule has 0 aromatic heterocycles. The summed E-state index contributed by atoms with van der Waals surface area (Å²) in [4.78, 5) is 30.4. The molecule has 0 heterocycles. The molecule has 0 spiro atoms. The maximum Gasteiger partial charge on any atom is 0.264 e. The topological polar surface area (TPSA) is 86.8 Å². The van der Waals surface area contributed by atoms with Crippen LogP contribution in [-0.2, 0) is 32.6 Å². The minimum Gasteiger partial charge on any atom is -0.352 e. The Bertz CT molecular complexity index is 1770. The molecular formula is C37H39Cl2N3O4S. The zero-order chi connectivity index (χ0) is 33.6. The molecule has 2 amide bonds. The highest BCUT2D eigenvalue weighted by Gasteiger charge is 2.36.